The van der Waals surface area contributed by atoms with Crippen molar-refractivity contribution in [3.63, 3.8) is 0 Å². The Bertz CT molecular complexity index is 145. The molecule has 1 amide bonds. The SMILES string of the molecule is CCCC(CC)C(=O)N[C@H](C)CC. The highest BCUT2D eigenvalue weighted by Crippen LogP contribution is 2.11. The van der Waals surface area contributed by atoms with E-state index in [-0.39, 0.29) is 11.8 Å². The molecule has 0 bridgehead atoms. The van der Waals surface area contributed by atoms with Gasteiger partial charge in [0.15, 0.2) is 0 Å². The summed E-state index contributed by atoms with van der Waals surface area (Å²) >= 11 is 0. The largest absolute Gasteiger partial charge is 0.353 e. The summed E-state index contributed by atoms with van der Waals surface area (Å²) < 4.78 is 0. The topological polar surface area (TPSA) is 29.1 Å². The summed E-state index contributed by atoms with van der Waals surface area (Å²) in [5, 5.41) is 3.03. The molecule has 1 unspecified atom stereocenters. The first-order valence-corrected chi connectivity index (χ1v) is 5.45. The first-order valence-electron chi connectivity index (χ1n) is 5.45. The molecule has 0 aromatic rings. The quantitative estimate of drug-likeness (QED) is 0.677. The van der Waals surface area contributed by atoms with Gasteiger partial charge in [0.2, 0.25) is 5.91 Å². The van der Waals surface area contributed by atoms with Crippen LogP contribution in [0.4, 0.5) is 0 Å². The Balaban J connectivity index is 3.90. The highest BCUT2D eigenvalue weighted by atomic mass is 16.1. The average Bonchev–Trinajstić information content (AvgIpc) is 2.13. The van der Waals surface area contributed by atoms with Crippen molar-refractivity contribution in [2.45, 2.75) is 59.4 Å². The molecule has 1 N–H and O–H groups in total. The third-order valence-electron chi connectivity index (χ3n) is 2.50. The smallest absolute Gasteiger partial charge is 0.223 e. The van der Waals surface area contributed by atoms with Crippen LogP contribution >= 0.6 is 0 Å². The summed E-state index contributed by atoms with van der Waals surface area (Å²) in [6.07, 6.45) is 4.07. The van der Waals surface area contributed by atoms with Crippen LogP contribution in [-0.2, 0) is 4.79 Å². The summed E-state index contributed by atoms with van der Waals surface area (Å²) in [7, 11) is 0. The van der Waals surface area contributed by atoms with Crippen molar-refractivity contribution in [2.75, 3.05) is 0 Å². The third-order valence-corrected chi connectivity index (χ3v) is 2.50. The number of hydrogen-bond acceptors (Lipinski definition) is 1. The van der Waals surface area contributed by atoms with Crippen molar-refractivity contribution in [3.8, 4) is 0 Å². The van der Waals surface area contributed by atoms with Crippen LogP contribution in [0.15, 0.2) is 0 Å². The van der Waals surface area contributed by atoms with Gasteiger partial charge in [-0.3, -0.25) is 4.79 Å². The van der Waals surface area contributed by atoms with Gasteiger partial charge in [0.05, 0.1) is 0 Å². The Morgan fingerprint density at radius 2 is 1.85 bits per heavy atom. The number of hydrogen-bond donors (Lipinski definition) is 1. The Morgan fingerprint density at radius 1 is 1.23 bits per heavy atom. The molecule has 2 nitrogen and oxygen atoms in total. The summed E-state index contributed by atoms with van der Waals surface area (Å²) in [5.74, 6) is 0.456. The van der Waals surface area contributed by atoms with Crippen LogP contribution < -0.4 is 5.32 Å². The maximum Gasteiger partial charge on any atom is 0.223 e. The molecule has 0 spiro atoms. The molecule has 0 radical (unpaired) electrons. The molecule has 0 rings (SSSR count). The zero-order valence-electron chi connectivity index (χ0n) is 9.39. The van der Waals surface area contributed by atoms with Crippen molar-refractivity contribution in [1.29, 1.82) is 0 Å². The lowest BCUT2D eigenvalue weighted by Crippen LogP contribution is -2.36. The number of rotatable bonds is 6. The van der Waals surface area contributed by atoms with E-state index in [9.17, 15) is 4.79 Å². The molecule has 0 fully saturated rings. The maximum atomic E-state index is 11.6. The molecular formula is C11H23NO. The van der Waals surface area contributed by atoms with Gasteiger partial charge >= 0.3 is 0 Å². The molecule has 2 heteroatoms. The predicted molar refractivity (Wildman–Crippen MR) is 56.6 cm³/mol. The molecule has 0 aliphatic carbocycles. The minimum Gasteiger partial charge on any atom is -0.353 e. The fourth-order valence-electron chi connectivity index (χ4n) is 1.33. The lowest BCUT2D eigenvalue weighted by molar-refractivity contribution is -0.125. The van der Waals surface area contributed by atoms with Gasteiger partial charge in [-0.2, -0.15) is 0 Å². The van der Waals surface area contributed by atoms with Gasteiger partial charge in [0, 0.05) is 12.0 Å². The van der Waals surface area contributed by atoms with Gasteiger partial charge in [-0.05, 0) is 26.2 Å². The van der Waals surface area contributed by atoms with E-state index >= 15 is 0 Å². The fourth-order valence-corrected chi connectivity index (χ4v) is 1.33. The molecule has 78 valence electrons. The monoisotopic (exact) mass is 185 g/mol. The van der Waals surface area contributed by atoms with Crippen LogP contribution in [0.25, 0.3) is 0 Å². The third kappa shape index (κ3) is 4.91. The van der Waals surface area contributed by atoms with Crippen LogP contribution in [0.3, 0.4) is 0 Å². The molecule has 0 aromatic carbocycles. The predicted octanol–water partition coefficient (Wildman–Crippen LogP) is 2.73. The molecule has 0 aliphatic rings. The van der Waals surface area contributed by atoms with Crippen LogP contribution in [0, 0.1) is 5.92 Å². The van der Waals surface area contributed by atoms with Gasteiger partial charge in [-0.25, -0.2) is 0 Å². The van der Waals surface area contributed by atoms with Crippen molar-refractivity contribution < 1.29 is 4.79 Å². The van der Waals surface area contributed by atoms with Crippen LogP contribution in [0.2, 0.25) is 0 Å². The second kappa shape index (κ2) is 6.93. The van der Waals surface area contributed by atoms with E-state index in [1.54, 1.807) is 0 Å². The van der Waals surface area contributed by atoms with Gasteiger partial charge < -0.3 is 5.32 Å². The molecule has 0 aromatic heterocycles. The summed E-state index contributed by atoms with van der Waals surface area (Å²) in [5.41, 5.74) is 0. The summed E-state index contributed by atoms with van der Waals surface area (Å²) in [6.45, 7) is 8.35. The number of amides is 1. The van der Waals surface area contributed by atoms with Crippen molar-refractivity contribution in [2.24, 2.45) is 5.92 Å². The first-order chi connectivity index (χ1) is 6.15. The molecular weight excluding hydrogens is 162 g/mol. The minimum atomic E-state index is 0.221. The van der Waals surface area contributed by atoms with E-state index in [1.807, 2.05) is 0 Å². The summed E-state index contributed by atoms with van der Waals surface area (Å²) in [6, 6.07) is 0.318. The molecule has 13 heavy (non-hydrogen) atoms. The Labute approximate surface area is 82.1 Å². The second-order valence-corrected chi connectivity index (χ2v) is 3.71. The maximum absolute atomic E-state index is 11.6. The molecule has 0 heterocycles. The van der Waals surface area contributed by atoms with Crippen molar-refractivity contribution in [3.05, 3.63) is 0 Å². The Kier molecular flexibility index (Phi) is 6.65. The number of carbonyl (C=O) groups is 1. The van der Waals surface area contributed by atoms with E-state index in [0.717, 1.165) is 25.7 Å². The first kappa shape index (κ1) is 12.5. The standard InChI is InChI=1S/C11H23NO/c1-5-8-10(7-3)11(13)12-9(4)6-2/h9-10H,5-8H2,1-4H3,(H,12,13)/t9-,10?/m1/s1. The average molecular weight is 185 g/mol. The van der Waals surface area contributed by atoms with E-state index in [1.165, 1.54) is 0 Å². The van der Waals surface area contributed by atoms with Crippen LogP contribution in [0.1, 0.15) is 53.4 Å². The van der Waals surface area contributed by atoms with Gasteiger partial charge in [-0.15, -0.1) is 0 Å². The Hall–Kier alpha value is -0.530. The van der Waals surface area contributed by atoms with Gasteiger partial charge in [0.25, 0.3) is 0 Å². The molecule has 0 saturated heterocycles. The Morgan fingerprint density at radius 3 is 2.23 bits per heavy atom. The zero-order chi connectivity index (χ0) is 10.3. The van der Waals surface area contributed by atoms with Gasteiger partial charge in [0.1, 0.15) is 0 Å². The van der Waals surface area contributed by atoms with E-state index in [0.29, 0.717) is 6.04 Å². The summed E-state index contributed by atoms with van der Waals surface area (Å²) in [4.78, 5) is 11.6. The molecule has 2 atom stereocenters. The lowest BCUT2D eigenvalue weighted by atomic mass is 9.99. The molecule has 0 saturated carbocycles. The minimum absolute atomic E-state index is 0.221. The molecule has 0 aliphatic heterocycles. The van der Waals surface area contributed by atoms with Gasteiger partial charge in [-0.1, -0.05) is 27.2 Å². The van der Waals surface area contributed by atoms with Crippen molar-refractivity contribution in [1.82, 2.24) is 5.32 Å². The lowest BCUT2D eigenvalue weighted by Gasteiger charge is -2.17. The zero-order valence-corrected chi connectivity index (χ0v) is 9.39. The van der Waals surface area contributed by atoms with E-state index in [4.69, 9.17) is 0 Å². The van der Waals surface area contributed by atoms with Crippen LogP contribution in [-0.4, -0.2) is 11.9 Å². The second-order valence-electron chi connectivity index (χ2n) is 3.71. The normalized spacial score (nSPS) is 15.1. The van der Waals surface area contributed by atoms with Crippen LogP contribution in [0.5, 0.6) is 0 Å². The van der Waals surface area contributed by atoms with E-state index in [2.05, 4.69) is 33.0 Å². The number of carbonyl (C=O) groups excluding carboxylic acids is 1. The highest BCUT2D eigenvalue weighted by Gasteiger charge is 2.16. The highest BCUT2D eigenvalue weighted by molar-refractivity contribution is 5.78. The van der Waals surface area contributed by atoms with E-state index < -0.39 is 0 Å². The van der Waals surface area contributed by atoms with Crippen molar-refractivity contribution >= 4 is 5.91 Å². The number of nitrogens with one attached hydrogen (secondary N) is 1. The fraction of sp³-hybridized carbons (Fsp3) is 0.909.